The third kappa shape index (κ3) is 2.70. The Balaban J connectivity index is 2.86. The van der Waals surface area contributed by atoms with Gasteiger partial charge in [0.2, 0.25) is 0 Å². The molecule has 0 aliphatic rings. The summed E-state index contributed by atoms with van der Waals surface area (Å²) in [5.74, 6) is 0. The van der Waals surface area contributed by atoms with Gasteiger partial charge in [-0.3, -0.25) is 0 Å². The number of nitrogen functional groups attached to an aromatic ring is 1. The van der Waals surface area contributed by atoms with Crippen LogP contribution >= 0.6 is 0 Å². The Bertz CT molecular complexity index is 612. The highest BCUT2D eigenvalue weighted by atomic mass is 14.6. The first-order valence-corrected chi connectivity index (χ1v) is 8.19. The minimum atomic E-state index is 0.995. The molecule has 0 radical (unpaired) electrons. The zero-order valence-corrected chi connectivity index (χ0v) is 13.8. The molecule has 0 fully saturated rings. The lowest BCUT2D eigenvalue weighted by atomic mass is 9.83. The third-order valence-corrected chi connectivity index (χ3v) is 4.47. The highest BCUT2D eigenvalue weighted by Crippen LogP contribution is 2.38. The summed E-state index contributed by atoms with van der Waals surface area (Å²) in [5, 5.41) is 0. The second kappa shape index (κ2) is 6.80. The summed E-state index contributed by atoms with van der Waals surface area (Å²) in [6, 6.07) is 10.6. The summed E-state index contributed by atoms with van der Waals surface area (Å²) in [6.07, 6.45) is 4.19. The molecule has 2 aromatic rings. The Morgan fingerprint density at radius 1 is 0.667 bits per heavy atom. The summed E-state index contributed by atoms with van der Waals surface area (Å²) >= 11 is 0. The topological polar surface area (TPSA) is 26.0 Å². The van der Waals surface area contributed by atoms with Crippen molar-refractivity contribution in [2.45, 2.75) is 53.4 Å². The average Bonchev–Trinajstić information content (AvgIpc) is 2.54. The maximum absolute atomic E-state index is 6.60. The van der Waals surface area contributed by atoms with E-state index in [1.165, 1.54) is 33.4 Å². The number of nitrogens with two attached hydrogens (primary N) is 1. The average molecular weight is 281 g/mol. The van der Waals surface area contributed by atoms with Crippen molar-refractivity contribution in [3.05, 3.63) is 52.6 Å². The molecule has 0 heterocycles. The Labute approximate surface area is 129 Å². The molecule has 2 rings (SSSR count). The first-order valence-electron chi connectivity index (χ1n) is 8.19. The Morgan fingerprint density at radius 3 is 1.62 bits per heavy atom. The van der Waals surface area contributed by atoms with Crippen LogP contribution in [0.5, 0.6) is 0 Å². The minimum Gasteiger partial charge on any atom is -0.398 e. The molecular formula is C20H27N. The van der Waals surface area contributed by atoms with E-state index in [9.17, 15) is 0 Å². The molecule has 2 aromatic carbocycles. The zero-order chi connectivity index (χ0) is 15.4. The van der Waals surface area contributed by atoms with E-state index in [2.05, 4.69) is 58.0 Å². The van der Waals surface area contributed by atoms with E-state index in [1.54, 1.807) is 0 Å². The van der Waals surface area contributed by atoms with Crippen LogP contribution in [0.4, 0.5) is 5.69 Å². The Morgan fingerprint density at radius 2 is 1.14 bits per heavy atom. The van der Waals surface area contributed by atoms with Crippen LogP contribution in [0.3, 0.4) is 0 Å². The lowest BCUT2D eigenvalue weighted by molar-refractivity contribution is 0.950. The van der Waals surface area contributed by atoms with Gasteiger partial charge >= 0.3 is 0 Å². The van der Waals surface area contributed by atoms with Crippen LogP contribution in [-0.2, 0) is 25.7 Å². The normalized spacial score (nSPS) is 10.9. The molecule has 0 saturated carbocycles. The van der Waals surface area contributed by atoms with Crippen LogP contribution in [0.1, 0.15) is 49.9 Å². The Hall–Kier alpha value is -1.76. The highest BCUT2D eigenvalue weighted by Gasteiger charge is 2.19. The summed E-state index contributed by atoms with van der Waals surface area (Å²) in [7, 11) is 0. The van der Waals surface area contributed by atoms with Gasteiger partial charge in [0, 0.05) is 11.3 Å². The van der Waals surface area contributed by atoms with Gasteiger partial charge in [-0.1, -0.05) is 58.0 Å². The number of rotatable bonds is 5. The second-order valence-electron chi connectivity index (χ2n) is 5.48. The maximum Gasteiger partial charge on any atom is 0.0431 e. The van der Waals surface area contributed by atoms with Gasteiger partial charge in [-0.05, 0) is 53.5 Å². The fourth-order valence-electron chi connectivity index (χ4n) is 3.57. The standard InChI is InChI=1S/C20H27N/c1-5-15-16(6-2)18(8-4)20(21)19(17(15)7-3)14-12-10-9-11-13-14/h9-13H,5-8,21H2,1-4H3. The number of hydrogen-bond donors (Lipinski definition) is 1. The van der Waals surface area contributed by atoms with Crippen molar-refractivity contribution >= 4 is 5.69 Å². The largest absolute Gasteiger partial charge is 0.398 e. The van der Waals surface area contributed by atoms with Crippen LogP contribution in [0.2, 0.25) is 0 Å². The first-order chi connectivity index (χ1) is 10.2. The van der Waals surface area contributed by atoms with Gasteiger partial charge < -0.3 is 5.73 Å². The molecule has 0 amide bonds. The molecule has 0 saturated heterocycles. The number of hydrogen-bond acceptors (Lipinski definition) is 1. The van der Waals surface area contributed by atoms with Gasteiger partial charge in [-0.15, -0.1) is 0 Å². The van der Waals surface area contributed by atoms with Crippen molar-refractivity contribution in [3.8, 4) is 11.1 Å². The summed E-state index contributed by atoms with van der Waals surface area (Å²) in [6.45, 7) is 8.96. The van der Waals surface area contributed by atoms with Gasteiger partial charge in [0.05, 0.1) is 0 Å². The highest BCUT2D eigenvalue weighted by molar-refractivity contribution is 5.84. The molecule has 0 aromatic heterocycles. The van der Waals surface area contributed by atoms with Crippen molar-refractivity contribution in [2.75, 3.05) is 5.73 Å². The van der Waals surface area contributed by atoms with Gasteiger partial charge in [-0.2, -0.15) is 0 Å². The lowest BCUT2D eigenvalue weighted by Crippen LogP contribution is -2.09. The van der Waals surface area contributed by atoms with Crippen molar-refractivity contribution < 1.29 is 0 Å². The third-order valence-electron chi connectivity index (χ3n) is 4.47. The lowest BCUT2D eigenvalue weighted by Gasteiger charge is -2.23. The van der Waals surface area contributed by atoms with E-state index >= 15 is 0 Å². The molecule has 21 heavy (non-hydrogen) atoms. The summed E-state index contributed by atoms with van der Waals surface area (Å²) in [5.41, 5.74) is 15.9. The zero-order valence-electron chi connectivity index (χ0n) is 13.8. The SMILES string of the molecule is CCc1c(N)c(-c2ccccc2)c(CC)c(CC)c1CC. The maximum atomic E-state index is 6.60. The molecule has 0 atom stereocenters. The molecule has 1 heteroatoms. The van der Waals surface area contributed by atoms with E-state index in [0.29, 0.717) is 0 Å². The van der Waals surface area contributed by atoms with E-state index in [1.807, 2.05) is 0 Å². The van der Waals surface area contributed by atoms with Crippen molar-refractivity contribution in [1.82, 2.24) is 0 Å². The molecular weight excluding hydrogens is 254 g/mol. The predicted octanol–water partition coefficient (Wildman–Crippen LogP) is 5.19. The quantitative estimate of drug-likeness (QED) is 0.750. The van der Waals surface area contributed by atoms with E-state index in [4.69, 9.17) is 5.73 Å². The fourth-order valence-corrected chi connectivity index (χ4v) is 3.57. The van der Waals surface area contributed by atoms with Crippen LogP contribution in [-0.4, -0.2) is 0 Å². The van der Waals surface area contributed by atoms with Crippen molar-refractivity contribution in [1.29, 1.82) is 0 Å². The van der Waals surface area contributed by atoms with Crippen molar-refractivity contribution in [3.63, 3.8) is 0 Å². The van der Waals surface area contributed by atoms with Crippen LogP contribution < -0.4 is 5.73 Å². The smallest absolute Gasteiger partial charge is 0.0431 e. The molecule has 1 nitrogen and oxygen atoms in total. The van der Waals surface area contributed by atoms with Gasteiger partial charge in [-0.25, -0.2) is 0 Å². The number of benzene rings is 2. The van der Waals surface area contributed by atoms with Crippen LogP contribution in [0.15, 0.2) is 30.3 Å². The molecule has 0 aliphatic heterocycles. The van der Waals surface area contributed by atoms with Crippen molar-refractivity contribution in [2.24, 2.45) is 0 Å². The van der Waals surface area contributed by atoms with E-state index in [0.717, 1.165) is 31.4 Å². The number of anilines is 1. The van der Waals surface area contributed by atoms with Crippen LogP contribution in [0.25, 0.3) is 11.1 Å². The molecule has 0 bridgehead atoms. The van der Waals surface area contributed by atoms with E-state index < -0.39 is 0 Å². The minimum absolute atomic E-state index is 0.995. The molecule has 0 aliphatic carbocycles. The molecule has 112 valence electrons. The van der Waals surface area contributed by atoms with E-state index in [-0.39, 0.29) is 0 Å². The van der Waals surface area contributed by atoms with Gasteiger partial charge in [0.25, 0.3) is 0 Å². The first kappa shape index (κ1) is 15.6. The second-order valence-corrected chi connectivity index (χ2v) is 5.48. The van der Waals surface area contributed by atoms with Gasteiger partial charge in [0.1, 0.15) is 0 Å². The fraction of sp³-hybridized carbons (Fsp3) is 0.400. The Kier molecular flexibility index (Phi) is 5.06. The predicted molar refractivity (Wildman–Crippen MR) is 93.8 cm³/mol. The monoisotopic (exact) mass is 281 g/mol. The van der Waals surface area contributed by atoms with Crippen LogP contribution in [0, 0.1) is 0 Å². The molecule has 0 unspecified atom stereocenters. The molecule has 0 spiro atoms. The van der Waals surface area contributed by atoms with Gasteiger partial charge in [0.15, 0.2) is 0 Å². The summed E-state index contributed by atoms with van der Waals surface area (Å²) in [4.78, 5) is 0. The summed E-state index contributed by atoms with van der Waals surface area (Å²) < 4.78 is 0. The molecule has 2 N–H and O–H groups in total.